The summed E-state index contributed by atoms with van der Waals surface area (Å²) in [5.74, 6) is -1.47. The largest absolute Gasteiger partial charge is 0.477 e. The van der Waals surface area contributed by atoms with E-state index < -0.39 is 11.9 Å². The van der Waals surface area contributed by atoms with Crippen molar-refractivity contribution in [3.8, 4) is 5.69 Å². The molecule has 0 unspecified atom stereocenters. The van der Waals surface area contributed by atoms with Crippen molar-refractivity contribution in [3.63, 3.8) is 0 Å². The summed E-state index contributed by atoms with van der Waals surface area (Å²) in [4.78, 5) is 23.3. The first kappa shape index (κ1) is 12.9. The Morgan fingerprint density at radius 2 is 2.29 bits per heavy atom. The van der Waals surface area contributed by atoms with E-state index in [-0.39, 0.29) is 11.5 Å². The summed E-state index contributed by atoms with van der Waals surface area (Å²) in [6.07, 6.45) is 1.37. The number of carbonyl (C=O) groups is 2. The highest BCUT2D eigenvalue weighted by molar-refractivity contribution is 7.12. The lowest BCUT2D eigenvalue weighted by molar-refractivity contribution is 0.0690. The maximum absolute atomic E-state index is 12.2. The van der Waals surface area contributed by atoms with Crippen molar-refractivity contribution >= 4 is 29.0 Å². The van der Waals surface area contributed by atoms with Crippen LogP contribution >= 0.6 is 11.3 Å². The van der Waals surface area contributed by atoms with Crippen molar-refractivity contribution in [1.29, 1.82) is 0 Å². The lowest BCUT2D eigenvalue weighted by atomic mass is 10.3. The van der Waals surface area contributed by atoms with E-state index in [1.54, 1.807) is 11.4 Å². The van der Waals surface area contributed by atoms with Crippen LogP contribution in [-0.2, 0) is 0 Å². The third-order valence-electron chi connectivity index (χ3n) is 2.50. The molecule has 1 amide bonds. The SMILES string of the molecule is O=C(O)c1cc(NC(=O)c2sccc2-n2cnnn2)n[nH]1. The number of aromatic carboxylic acids is 1. The van der Waals surface area contributed by atoms with Crippen LogP contribution in [0.4, 0.5) is 5.82 Å². The molecular weight excluding hydrogens is 298 g/mol. The number of thiophene rings is 1. The van der Waals surface area contributed by atoms with Crippen LogP contribution in [0.5, 0.6) is 0 Å². The summed E-state index contributed by atoms with van der Waals surface area (Å²) in [5.41, 5.74) is 0.411. The molecule has 0 atom stereocenters. The number of carboxylic acids is 1. The Morgan fingerprint density at radius 1 is 1.43 bits per heavy atom. The van der Waals surface area contributed by atoms with Gasteiger partial charge in [0.1, 0.15) is 16.9 Å². The lowest BCUT2D eigenvalue weighted by Crippen LogP contribution is -2.13. The summed E-state index contributed by atoms with van der Waals surface area (Å²) in [6, 6.07) is 2.92. The van der Waals surface area contributed by atoms with Gasteiger partial charge >= 0.3 is 5.97 Å². The van der Waals surface area contributed by atoms with E-state index in [1.807, 2.05) is 0 Å². The zero-order valence-electron chi connectivity index (χ0n) is 10.2. The minimum atomic E-state index is -1.16. The molecule has 0 saturated heterocycles. The molecule has 0 spiro atoms. The Labute approximate surface area is 120 Å². The highest BCUT2D eigenvalue weighted by Crippen LogP contribution is 2.21. The van der Waals surface area contributed by atoms with Crippen LogP contribution in [0.2, 0.25) is 0 Å². The molecule has 0 bridgehead atoms. The van der Waals surface area contributed by atoms with Gasteiger partial charge in [-0.05, 0) is 21.9 Å². The summed E-state index contributed by atoms with van der Waals surface area (Å²) < 4.78 is 1.36. The molecule has 3 aromatic rings. The van der Waals surface area contributed by atoms with Crippen LogP contribution in [0.3, 0.4) is 0 Å². The molecular formula is C10H7N7O3S. The summed E-state index contributed by atoms with van der Waals surface area (Å²) in [5, 5.41) is 29.7. The summed E-state index contributed by atoms with van der Waals surface area (Å²) in [7, 11) is 0. The maximum Gasteiger partial charge on any atom is 0.353 e. The zero-order chi connectivity index (χ0) is 14.8. The van der Waals surface area contributed by atoms with Gasteiger partial charge in [-0.25, -0.2) is 4.79 Å². The monoisotopic (exact) mass is 305 g/mol. The number of aromatic amines is 1. The van der Waals surface area contributed by atoms with E-state index in [1.165, 1.54) is 28.4 Å². The molecule has 0 aliphatic heterocycles. The van der Waals surface area contributed by atoms with Crippen LogP contribution in [0.25, 0.3) is 5.69 Å². The first-order valence-corrected chi connectivity index (χ1v) is 6.44. The summed E-state index contributed by atoms with van der Waals surface area (Å²) >= 11 is 1.21. The Kier molecular flexibility index (Phi) is 3.16. The van der Waals surface area contributed by atoms with Gasteiger partial charge in [0.05, 0.1) is 5.69 Å². The number of carbonyl (C=O) groups excluding carboxylic acids is 1. The van der Waals surface area contributed by atoms with Crippen LogP contribution < -0.4 is 5.32 Å². The number of H-pyrrole nitrogens is 1. The van der Waals surface area contributed by atoms with Crippen molar-refractivity contribution in [3.05, 3.63) is 34.4 Å². The lowest BCUT2D eigenvalue weighted by Gasteiger charge is -2.02. The van der Waals surface area contributed by atoms with Crippen LogP contribution in [-0.4, -0.2) is 47.4 Å². The van der Waals surface area contributed by atoms with Gasteiger partial charge < -0.3 is 10.4 Å². The molecule has 10 nitrogen and oxygen atoms in total. The van der Waals surface area contributed by atoms with Crippen LogP contribution in [0.15, 0.2) is 23.8 Å². The first-order chi connectivity index (χ1) is 10.1. The summed E-state index contributed by atoms with van der Waals surface area (Å²) in [6.45, 7) is 0. The van der Waals surface area contributed by atoms with Crippen molar-refractivity contribution in [2.24, 2.45) is 0 Å². The van der Waals surface area contributed by atoms with E-state index in [0.29, 0.717) is 10.6 Å². The predicted octanol–water partition coefficient (Wildman–Crippen LogP) is 0.397. The fraction of sp³-hybridized carbons (Fsp3) is 0. The second kappa shape index (κ2) is 5.13. The normalized spacial score (nSPS) is 10.5. The number of nitrogens with one attached hydrogen (secondary N) is 2. The molecule has 11 heteroatoms. The number of aromatic nitrogens is 6. The van der Waals surface area contributed by atoms with Crippen molar-refractivity contribution in [1.82, 2.24) is 30.4 Å². The Morgan fingerprint density at radius 3 is 2.95 bits per heavy atom. The average Bonchev–Trinajstić information content (AvgIpc) is 3.19. The van der Waals surface area contributed by atoms with Gasteiger partial charge in [-0.15, -0.1) is 16.4 Å². The molecule has 0 aliphatic carbocycles. The fourth-order valence-corrected chi connectivity index (χ4v) is 2.37. The molecule has 3 N–H and O–H groups in total. The smallest absolute Gasteiger partial charge is 0.353 e. The number of nitrogens with zero attached hydrogens (tertiary/aromatic N) is 5. The third-order valence-corrected chi connectivity index (χ3v) is 3.40. The van der Waals surface area contributed by atoms with Gasteiger partial charge in [0.2, 0.25) is 0 Å². The zero-order valence-corrected chi connectivity index (χ0v) is 11.0. The molecule has 3 rings (SSSR count). The van der Waals surface area contributed by atoms with Gasteiger partial charge in [-0.1, -0.05) is 0 Å². The second-order valence-electron chi connectivity index (χ2n) is 3.82. The van der Waals surface area contributed by atoms with Crippen molar-refractivity contribution in [2.45, 2.75) is 0 Å². The van der Waals surface area contributed by atoms with E-state index in [0.717, 1.165) is 0 Å². The number of tetrazole rings is 1. The predicted molar refractivity (Wildman–Crippen MR) is 70.5 cm³/mol. The van der Waals surface area contributed by atoms with Crippen LogP contribution in [0, 0.1) is 0 Å². The highest BCUT2D eigenvalue weighted by atomic mass is 32.1. The minimum Gasteiger partial charge on any atom is -0.477 e. The molecule has 0 saturated carbocycles. The maximum atomic E-state index is 12.2. The molecule has 0 fully saturated rings. The standard InChI is InChI=1S/C10H7N7O3S/c18-9(12-7-3-5(10(19)20)13-14-7)8-6(1-2-21-8)17-4-11-15-16-17/h1-4H,(H,19,20)(H2,12,13,14,18). The molecule has 0 radical (unpaired) electrons. The highest BCUT2D eigenvalue weighted by Gasteiger charge is 2.17. The first-order valence-electron chi connectivity index (χ1n) is 5.56. The Hall–Kier alpha value is -3.08. The van der Waals surface area contributed by atoms with Gasteiger partial charge in [0.15, 0.2) is 5.82 Å². The molecule has 0 aromatic carbocycles. The molecule has 0 aliphatic rings. The fourth-order valence-electron chi connectivity index (χ4n) is 1.59. The van der Waals surface area contributed by atoms with Gasteiger partial charge in [-0.3, -0.25) is 9.89 Å². The van der Waals surface area contributed by atoms with E-state index in [4.69, 9.17) is 5.11 Å². The molecule has 21 heavy (non-hydrogen) atoms. The quantitative estimate of drug-likeness (QED) is 0.633. The number of hydrogen-bond donors (Lipinski definition) is 3. The second-order valence-corrected chi connectivity index (χ2v) is 4.73. The third kappa shape index (κ3) is 2.49. The number of anilines is 1. The number of carboxylic acid groups (broad SMARTS) is 1. The number of hydrogen-bond acceptors (Lipinski definition) is 7. The average molecular weight is 305 g/mol. The number of amides is 1. The van der Waals surface area contributed by atoms with Gasteiger partial charge in [-0.2, -0.15) is 9.78 Å². The Bertz CT molecular complexity index is 791. The number of rotatable bonds is 4. The van der Waals surface area contributed by atoms with Crippen molar-refractivity contribution < 1.29 is 14.7 Å². The minimum absolute atomic E-state index is 0.114. The van der Waals surface area contributed by atoms with E-state index in [9.17, 15) is 9.59 Å². The van der Waals surface area contributed by atoms with Gasteiger partial charge in [0.25, 0.3) is 5.91 Å². The van der Waals surface area contributed by atoms with Crippen molar-refractivity contribution in [2.75, 3.05) is 5.32 Å². The molecule has 3 aromatic heterocycles. The van der Waals surface area contributed by atoms with E-state index in [2.05, 4.69) is 31.0 Å². The Balaban J connectivity index is 1.83. The topological polar surface area (TPSA) is 139 Å². The molecule has 3 heterocycles. The van der Waals surface area contributed by atoms with Gasteiger partial charge in [0, 0.05) is 6.07 Å². The van der Waals surface area contributed by atoms with E-state index >= 15 is 0 Å². The molecule has 106 valence electrons. The van der Waals surface area contributed by atoms with Crippen LogP contribution in [0.1, 0.15) is 20.2 Å².